The van der Waals surface area contributed by atoms with E-state index in [-0.39, 0.29) is 38.2 Å². The summed E-state index contributed by atoms with van der Waals surface area (Å²) in [5.41, 5.74) is 2.51. The Labute approximate surface area is 313 Å². The van der Waals surface area contributed by atoms with E-state index in [0.717, 1.165) is 27.5 Å². The molecule has 4 amide bonds. The van der Waals surface area contributed by atoms with Crippen LogP contribution in [-0.2, 0) is 32.3 Å². The zero-order valence-corrected chi connectivity index (χ0v) is 29.5. The Hall–Kier alpha value is -6.75. The van der Waals surface area contributed by atoms with Gasteiger partial charge in [0.05, 0.1) is 12.0 Å². The average molecular weight is 725 g/mol. The number of fused-ring (bicyclic) bond motifs is 1. The van der Waals surface area contributed by atoms with Gasteiger partial charge in [-0.25, -0.2) is 9.59 Å². The van der Waals surface area contributed by atoms with Gasteiger partial charge in [0.2, 0.25) is 11.9 Å². The summed E-state index contributed by atoms with van der Waals surface area (Å²) < 4.78 is 16.4. The summed E-state index contributed by atoms with van der Waals surface area (Å²) in [6, 6.07) is 40.9. The maximum atomic E-state index is 13.4. The van der Waals surface area contributed by atoms with Crippen molar-refractivity contribution in [3.63, 3.8) is 0 Å². The summed E-state index contributed by atoms with van der Waals surface area (Å²) in [5.74, 6) is -0.857. The summed E-state index contributed by atoms with van der Waals surface area (Å²) in [7, 11) is 0. The van der Waals surface area contributed by atoms with Gasteiger partial charge in [-0.15, -0.1) is 0 Å². The first kappa shape index (κ1) is 37.0. The van der Waals surface area contributed by atoms with E-state index < -0.39 is 30.1 Å². The fraction of sp³-hybridized carbons (Fsp3) is 0.186. The highest BCUT2D eigenvalue weighted by Crippen LogP contribution is 2.33. The molecule has 11 heteroatoms. The van der Waals surface area contributed by atoms with Gasteiger partial charge in [-0.05, 0) is 52.4 Å². The third-order valence-corrected chi connectivity index (χ3v) is 8.71. The third kappa shape index (κ3) is 10.4. The van der Waals surface area contributed by atoms with Crippen LogP contribution in [-0.4, -0.2) is 54.1 Å². The topological polar surface area (TPSA) is 136 Å². The molecule has 11 nitrogen and oxygen atoms in total. The maximum absolute atomic E-state index is 13.4. The second-order valence-electron chi connectivity index (χ2n) is 12.5. The van der Waals surface area contributed by atoms with Crippen molar-refractivity contribution in [3.8, 4) is 5.75 Å². The molecule has 1 aliphatic heterocycles. The Balaban J connectivity index is 1.08. The highest BCUT2D eigenvalue weighted by atomic mass is 16.6. The van der Waals surface area contributed by atoms with Crippen molar-refractivity contribution in [1.29, 1.82) is 0 Å². The van der Waals surface area contributed by atoms with Crippen LogP contribution >= 0.6 is 0 Å². The molecular formula is C43H40N4O7. The summed E-state index contributed by atoms with van der Waals surface area (Å²) in [6.45, 7) is -0.116. The number of benzene rings is 5. The zero-order chi connectivity index (χ0) is 37.5. The molecule has 2 atom stereocenters. The van der Waals surface area contributed by atoms with E-state index in [9.17, 15) is 19.2 Å². The van der Waals surface area contributed by atoms with Crippen LogP contribution in [0, 0.1) is 5.92 Å². The van der Waals surface area contributed by atoms with E-state index in [1.807, 2.05) is 140 Å². The lowest BCUT2D eigenvalue weighted by molar-refractivity contribution is -0.164. The molecule has 1 saturated heterocycles. The molecule has 0 bridgehead atoms. The van der Waals surface area contributed by atoms with Gasteiger partial charge in [-0.2, -0.15) is 0 Å². The second-order valence-corrected chi connectivity index (χ2v) is 12.5. The number of imide groups is 1. The molecule has 0 radical (unpaired) electrons. The number of hydrogen-bond donors (Lipinski definition) is 2. The van der Waals surface area contributed by atoms with Crippen molar-refractivity contribution in [2.75, 3.05) is 13.2 Å². The van der Waals surface area contributed by atoms with Gasteiger partial charge in [0, 0.05) is 6.54 Å². The van der Waals surface area contributed by atoms with E-state index in [2.05, 4.69) is 15.6 Å². The first-order valence-electron chi connectivity index (χ1n) is 17.6. The van der Waals surface area contributed by atoms with E-state index in [4.69, 9.17) is 14.2 Å². The SMILES string of the molecule is O=C(NC(=NCCCC1C(=O)N(C(=O)COc2ccc3ccccc3c2)C1/C=C/c1ccccc1)NC(=O)OCc1ccccc1)OCc1ccccc1. The number of amides is 4. The number of guanidine groups is 1. The number of ether oxygens (including phenoxy) is 3. The number of aliphatic imine (C=N–C) groups is 1. The van der Waals surface area contributed by atoms with Crippen LogP contribution in [0.1, 0.15) is 29.5 Å². The van der Waals surface area contributed by atoms with Crippen LogP contribution in [0.15, 0.2) is 145 Å². The van der Waals surface area contributed by atoms with Gasteiger partial charge in [-0.3, -0.25) is 30.1 Å². The molecule has 1 heterocycles. The van der Waals surface area contributed by atoms with Gasteiger partial charge in [0.25, 0.3) is 5.91 Å². The summed E-state index contributed by atoms with van der Waals surface area (Å²) >= 11 is 0. The smallest absolute Gasteiger partial charge is 0.414 e. The molecule has 1 aliphatic rings. The first-order chi connectivity index (χ1) is 26.4. The summed E-state index contributed by atoms with van der Waals surface area (Å²) in [6.07, 6.45) is 2.92. The molecule has 2 N–H and O–H groups in total. The number of nitrogens with one attached hydrogen (secondary N) is 2. The predicted molar refractivity (Wildman–Crippen MR) is 205 cm³/mol. The summed E-state index contributed by atoms with van der Waals surface area (Å²) in [4.78, 5) is 57.8. The highest BCUT2D eigenvalue weighted by molar-refractivity contribution is 6.03. The lowest BCUT2D eigenvalue weighted by Crippen LogP contribution is -2.63. The van der Waals surface area contributed by atoms with E-state index in [0.29, 0.717) is 18.6 Å². The Kier molecular flexibility index (Phi) is 12.8. The van der Waals surface area contributed by atoms with Crippen molar-refractivity contribution in [2.45, 2.75) is 32.1 Å². The quantitative estimate of drug-likeness (QED) is 0.0564. The van der Waals surface area contributed by atoms with Crippen molar-refractivity contribution in [3.05, 3.63) is 156 Å². The molecular weight excluding hydrogens is 684 g/mol. The van der Waals surface area contributed by atoms with Crippen LogP contribution in [0.25, 0.3) is 16.8 Å². The van der Waals surface area contributed by atoms with Crippen LogP contribution < -0.4 is 15.4 Å². The fourth-order valence-corrected chi connectivity index (χ4v) is 5.94. The number of carbonyl (C=O) groups is 4. The molecule has 0 aromatic heterocycles. The number of hydrogen-bond acceptors (Lipinski definition) is 8. The minimum Gasteiger partial charge on any atom is -0.484 e. The average Bonchev–Trinajstić information content (AvgIpc) is 3.20. The first-order valence-corrected chi connectivity index (χ1v) is 17.6. The van der Waals surface area contributed by atoms with Crippen molar-refractivity contribution < 1.29 is 33.4 Å². The normalized spacial score (nSPS) is 14.9. The number of carbonyl (C=O) groups excluding carboxylic acids is 4. The molecule has 274 valence electrons. The second kappa shape index (κ2) is 18.7. The molecule has 5 aromatic rings. The fourth-order valence-electron chi connectivity index (χ4n) is 5.94. The molecule has 2 unspecified atom stereocenters. The molecule has 1 fully saturated rings. The minimum absolute atomic E-state index is 0.0165. The maximum Gasteiger partial charge on any atom is 0.414 e. The molecule has 0 aliphatic carbocycles. The van der Waals surface area contributed by atoms with Crippen molar-refractivity contribution >= 4 is 46.8 Å². The Bertz CT molecular complexity index is 2050. The minimum atomic E-state index is -0.818. The lowest BCUT2D eigenvalue weighted by atomic mass is 9.83. The van der Waals surface area contributed by atoms with E-state index in [1.54, 1.807) is 6.07 Å². The Morgan fingerprint density at radius 1 is 0.704 bits per heavy atom. The van der Waals surface area contributed by atoms with Crippen LogP contribution in [0.3, 0.4) is 0 Å². The third-order valence-electron chi connectivity index (χ3n) is 8.71. The van der Waals surface area contributed by atoms with Gasteiger partial charge in [-0.1, -0.05) is 133 Å². The van der Waals surface area contributed by atoms with Gasteiger partial charge in [0.1, 0.15) is 19.0 Å². The van der Waals surface area contributed by atoms with Gasteiger partial charge < -0.3 is 14.2 Å². The van der Waals surface area contributed by atoms with E-state index >= 15 is 0 Å². The molecule has 6 rings (SSSR count). The Morgan fingerprint density at radius 3 is 1.91 bits per heavy atom. The van der Waals surface area contributed by atoms with Crippen molar-refractivity contribution in [2.24, 2.45) is 10.9 Å². The number of nitrogens with zero attached hydrogens (tertiary/aromatic N) is 2. The highest BCUT2D eigenvalue weighted by Gasteiger charge is 2.48. The number of β-lactam (4-membered cyclic amide) rings is 1. The molecule has 0 spiro atoms. The molecule has 54 heavy (non-hydrogen) atoms. The van der Waals surface area contributed by atoms with Gasteiger partial charge in [0.15, 0.2) is 6.61 Å². The lowest BCUT2D eigenvalue weighted by Gasteiger charge is -2.44. The van der Waals surface area contributed by atoms with E-state index in [1.165, 1.54) is 4.90 Å². The molecule has 0 saturated carbocycles. The zero-order valence-electron chi connectivity index (χ0n) is 29.5. The number of alkyl carbamates (subject to hydrolysis) is 2. The van der Waals surface area contributed by atoms with Gasteiger partial charge >= 0.3 is 12.2 Å². The standard InChI is InChI=1S/C43H40N4O7/c48-39(30-52-36-24-23-34-19-10-11-20-35(34)27-36)47-38(25-22-31-13-4-1-5-14-31)37(40(47)49)21-12-26-44-41(45-42(50)53-28-32-15-6-2-7-16-32)46-43(51)54-29-33-17-8-3-9-18-33/h1-11,13-20,22-25,27,37-38H,12,21,26,28-30H2,(H2,44,45,46,50,51)/b25-22+. The summed E-state index contributed by atoms with van der Waals surface area (Å²) in [5, 5.41) is 6.99. The largest absolute Gasteiger partial charge is 0.484 e. The molecule has 5 aromatic carbocycles. The van der Waals surface area contributed by atoms with Crippen LogP contribution in [0.2, 0.25) is 0 Å². The monoisotopic (exact) mass is 724 g/mol. The number of likely N-dealkylation sites (tertiary alicyclic amines) is 1. The Morgan fingerprint density at radius 2 is 1.28 bits per heavy atom. The van der Waals surface area contributed by atoms with Crippen molar-refractivity contribution in [1.82, 2.24) is 15.5 Å². The predicted octanol–water partition coefficient (Wildman–Crippen LogP) is 7.27. The number of rotatable bonds is 13. The van der Waals surface area contributed by atoms with Crippen LogP contribution in [0.5, 0.6) is 5.75 Å². The van der Waals surface area contributed by atoms with Crippen LogP contribution in [0.4, 0.5) is 9.59 Å².